The lowest BCUT2D eigenvalue weighted by Gasteiger charge is -2.22. The van der Waals surface area contributed by atoms with E-state index in [0.717, 1.165) is 11.0 Å². The Morgan fingerprint density at radius 1 is 1.10 bits per heavy atom. The summed E-state index contributed by atoms with van der Waals surface area (Å²) < 4.78 is 0. The molecule has 0 radical (unpaired) electrons. The van der Waals surface area contributed by atoms with Crippen LogP contribution < -0.4 is 21.7 Å². The number of hydrogen-bond donors (Lipinski definition) is 6. The highest BCUT2D eigenvalue weighted by Gasteiger charge is 2.29. The molecular weight excluding hydrogens is 390 g/mol. The third kappa shape index (κ3) is 7.21. The Morgan fingerprint density at radius 2 is 1.66 bits per heavy atom. The number of amides is 5. The van der Waals surface area contributed by atoms with Gasteiger partial charge in [0.1, 0.15) is 30.9 Å². The summed E-state index contributed by atoms with van der Waals surface area (Å²) >= 11 is 0. The summed E-state index contributed by atoms with van der Waals surface area (Å²) in [7, 11) is 0. The maximum Gasteiger partial charge on any atom is 0.326 e. The van der Waals surface area contributed by atoms with E-state index in [0.29, 0.717) is 0 Å². The quantitative estimate of drug-likeness (QED) is 0.208. The van der Waals surface area contributed by atoms with Crippen molar-refractivity contribution in [3.63, 3.8) is 0 Å². The van der Waals surface area contributed by atoms with Crippen molar-refractivity contribution in [3.05, 3.63) is 12.2 Å². The number of rotatable bonds is 10. The van der Waals surface area contributed by atoms with Crippen molar-refractivity contribution in [2.45, 2.75) is 44.6 Å². The van der Waals surface area contributed by atoms with E-state index in [4.69, 9.17) is 10.8 Å². The zero-order chi connectivity index (χ0) is 22.3. The van der Waals surface area contributed by atoms with Crippen LogP contribution >= 0.6 is 0 Å². The molecule has 29 heavy (non-hydrogen) atoms. The van der Waals surface area contributed by atoms with Crippen molar-refractivity contribution < 1.29 is 39.0 Å². The molecule has 1 aliphatic heterocycles. The van der Waals surface area contributed by atoms with Crippen molar-refractivity contribution >= 4 is 35.5 Å². The van der Waals surface area contributed by atoms with Gasteiger partial charge in [-0.2, -0.15) is 0 Å². The van der Waals surface area contributed by atoms with Gasteiger partial charge >= 0.3 is 5.97 Å². The minimum absolute atomic E-state index is 0.478. The Morgan fingerprint density at radius 3 is 2.14 bits per heavy atom. The first-order chi connectivity index (χ1) is 13.4. The molecule has 0 bridgehead atoms. The molecule has 0 fully saturated rings. The maximum atomic E-state index is 12.1. The highest BCUT2D eigenvalue weighted by atomic mass is 16.4. The molecule has 0 saturated carbocycles. The molecule has 5 amide bonds. The first-order valence-electron chi connectivity index (χ1n) is 8.50. The molecule has 0 spiro atoms. The molecule has 160 valence electrons. The standard InChI is InChI=1S/C16H23N5O8/c1-7(18-11(23)6-21-12(24)3-4-13(21)25)14(26)19-8(2)15(27)20-9(16(28)29)5-10(17)22/h3-4,7-9,12,24H,5-6H2,1-2H3,(H2,17,22)(H,18,23)(H,19,26)(H,20,27)(H,28,29)/t7-,8-,9-,12?/m0/s1. The largest absolute Gasteiger partial charge is 0.480 e. The second kappa shape index (κ2) is 10.2. The summed E-state index contributed by atoms with van der Waals surface area (Å²) in [6.07, 6.45) is 0.458. The Bertz CT molecular complexity index is 737. The molecule has 13 nitrogen and oxygen atoms in total. The third-order valence-corrected chi connectivity index (χ3v) is 3.87. The molecule has 4 atom stereocenters. The molecule has 0 aliphatic carbocycles. The van der Waals surface area contributed by atoms with Crippen molar-refractivity contribution in [2.24, 2.45) is 5.73 Å². The van der Waals surface area contributed by atoms with Crippen LogP contribution in [-0.2, 0) is 28.8 Å². The summed E-state index contributed by atoms with van der Waals surface area (Å²) in [6, 6.07) is -3.82. The van der Waals surface area contributed by atoms with Crippen LogP contribution in [0.2, 0.25) is 0 Å². The van der Waals surface area contributed by atoms with Gasteiger partial charge in [-0.15, -0.1) is 0 Å². The number of nitrogens with one attached hydrogen (secondary N) is 3. The van der Waals surface area contributed by atoms with E-state index in [1.54, 1.807) is 0 Å². The second-order valence-corrected chi connectivity index (χ2v) is 6.33. The molecule has 0 aromatic carbocycles. The van der Waals surface area contributed by atoms with Gasteiger partial charge in [-0.05, 0) is 19.9 Å². The van der Waals surface area contributed by atoms with Crippen LogP contribution in [0, 0.1) is 0 Å². The van der Waals surface area contributed by atoms with Gasteiger partial charge in [0.15, 0.2) is 0 Å². The van der Waals surface area contributed by atoms with Crippen LogP contribution in [0.4, 0.5) is 0 Å². The van der Waals surface area contributed by atoms with E-state index < -0.39 is 72.8 Å². The maximum absolute atomic E-state index is 12.1. The topological polar surface area (TPSA) is 208 Å². The van der Waals surface area contributed by atoms with Crippen molar-refractivity contribution in [3.8, 4) is 0 Å². The average Bonchev–Trinajstić information content (AvgIpc) is 2.92. The van der Waals surface area contributed by atoms with Gasteiger partial charge in [-0.1, -0.05) is 0 Å². The SMILES string of the molecule is C[C@H](NC(=O)CN1C(=O)C=CC1O)C(=O)N[C@@H](C)C(=O)N[C@@H](CC(N)=O)C(=O)O. The number of carbonyl (C=O) groups is 6. The summed E-state index contributed by atoms with van der Waals surface area (Å²) in [5.74, 6) is -5.30. The van der Waals surface area contributed by atoms with Crippen LogP contribution in [0.5, 0.6) is 0 Å². The van der Waals surface area contributed by atoms with Crippen molar-refractivity contribution in [1.29, 1.82) is 0 Å². The van der Waals surface area contributed by atoms with Crippen LogP contribution in [0.3, 0.4) is 0 Å². The molecule has 7 N–H and O–H groups in total. The number of aliphatic hydroxyl groups excluding tert-OH is 1. The molecular formula is C16H23N5O8. The predicted octanol–water partition coefficient (Wildman–Crippen LogP) is -3.84. The number of carboxylic acid groups (broad SMARTS) is 1. The van der Waals surface area contributed by atoms with E-state index >= 15 is 0 Å². The van der Waals surface area contributed by atoms with Gasteiger partial charge in [0.2, 0.25) is 29.5 Å². The Kier molecular flexibility index (Phi) is 8.26. The van der Waals surface area contributed by atoms with Crippen LogP contribution in [0.25, 0.3) is 0 Å². The summed E-state index contributed by atoms with van der Waals surface area (Å²) in [5, 5.41) is 25.2. The zero-order valence-electron chi connectivity index (χ0n) is 15.7. The van der Waals surface area contributed by atoms with Gasteiger partial charge in [0.05, 0.1) is 6.42 Å². The first-order valence-corrected chi connectivity index (χ1v) is 8.50. The van der Waals surface area contributed by atoms with Crippen LogP contribution in [0.1, 0.15) is 20.3 Å². The van der Waals surface area contributed by atoms with Gasteiger partial charge < -0.3 is 36.8 Å². The lowest BCUT2D eigenvalue weighted by molar-refractivity contribution is -0.143. The van der Waals surface area contributed by atoms with E-state index in [-0.39, 0.29) is 0 Å². The molecule has 0 aromatic heterocycles. The van der Waals surface area contributed by atoms with Gasteiger partial charge in [0.25, 0.3) is 0 Å². The fourth-order valence-corrected chi connectivity index (χ4v) is 2.28. The third-order valence-electron chi connectivity index (χ3n) is 3.87. The Balaban J connectivity index is 2.52. The normalized spacial score (nSPS) is 18.5. The molecule has 0 aromatic rings. The van der Waals surface area contributed by atoms with E-state index in [1.807, 2.05) is 0 Å². The number of aliphatic carboxylic acids is 1. The monoisotopic (exact) mass is 413 g/mol. The van der Waals surface area contributed by atoms with E-state index in [1.165, 1.54) is 19.9 Å². The minimum Gasteiger partial charge on any atom is -0.480 e. The zero-order valence-corrected chi connectivity index (χ0v) is 15.7. The lowest BCUT2D eigenvalue weighted by Crippen LogP contribution is -2.55. The molecule has 0 saturated heterocycles. The first kappa shape index (κ1) is 23.6. The fraction of sp³-hybridized carbons (Fsp3) is 0.500. The highest BCUT2D eigenvalue weighted by molar-refractivity contribution is 5.96. The van der Waals surface area contributed by atoms with Gasteiger partial charge in [0, 0.05) is 6.08 Å². The van der Waals surface area contributed by atoms with Crippen LogP contribution in [-0.4, -0.2) is 81.5 Å². The molecule has 1 rings (SSSR count). The number of aliphatic hydroxyl groups is 1. The van der Waals surface area contributed by atoms with Crippen molar-refractivity contribution in [2.75, 3.05) is 6.54 Å². The number of carbonyl (C=O) groups excluding carboxylic acids is 5. The minimum atomic E-state index is -1.55. The smallest absolute Gasteiger partial charge is 0.326 e. The molecule has 1 aliphatic rings. The number of nitrogens with zero attached hydrogens (tertiary/aromatic N) is 1. The van der Waals surface area contributed by atoms with E-state index in [9.17, 15) is 33.9 Å². The highest BCUT2D eigenvalue weighted by Crippen LogP contribution is 2.07. The number of nitrogens with two attached hydrogens (primary N) is 1. The summed E-state index contributed by atoms with van der Waals surface area (Å²) in [4.78, 5) is 70.3. The summed E-state index contributed by atoms with van der Waals surface area (Å²) in [5.41, 5.74) is 4.92. The molecule has 13 heteroatoms. The second-order valence-electron chi connectivity index (χ2n) is 6.33. The molecule has 1 heterocycles. The van der Waals surface area contributed by atoms with E-state index in [2.05, 4.69) is 16.0 Å². The predicted molar refractivity (Wildman–Crippen MR) is 95.4 cm³/mol. The van der Waals surface area contributed by atoms with Gasteiger partial charge in [-0.25, -0.2) is 4.79 Å². The van der Waals surface area contributed by atoms with Crippen LogP contribution in [0.15, 0.2) is 12.2 Å². The number of carboxylic acids is 1. The fourth-order valence-electron chi connectivity index (χ4n) is 2.28. The lowest BCUT2D eigenvalue weighted by atomic mass is 10.1. The number of primary amides is 1. The van der Waals surface area contributed by atoms with Crippen molar-refractivity contribution in [1.82, 2.24) is 20.9 Å². The summed E-state index contributed by atoms with van der Waals surface area (Å²) in [6.45, 7) is 2.12. The Hall–Kier alpha value is -3.48. The number of hydrogen-bond acceptors (Lipinski definition) is 7. The van der Waals surface area contributed by atoms with Gasteiger partial charge in [-0.3, -0.25) is 24.0 Å². The molecule has 1 unspecified atom stereocenters. The average molecular weight is 413 g/mol. The Labute approximate surface area is 165 Å².